The third kappa shape index (κ3) is 5.16. The van der Waals surface area contributed by atoms with E-state index in [-0.39, 0.29) is 6.04 Å². The van der Waals surface area contributed by atoms with Gasteiger partial charge in [0.25, 0.3) is 0 Å². The Bertz CT molecular complexity index is 397. The molecule has 0 aliphatic heterocycles. The van der Waals surface area contributed by atoms with Gasteiger partial charge in [-0.25, -0.2) is 0 Å². The molecule has 20 heavy (non-hydrogen) atoms. The van der Waals surface area contributed by atoms with Crippen molar-refractivity contribution < 1.29 is 13.2 Å². The van der Waals surface area contributed by atoms with Crippen molar-refractivity contribution in [3.8, 4) is 0 Å². The topological polar surface area (TPSA) is 12.0 Å². The third-order valence-corrected chi connectivity index (χ3v) is 3.73. The largest absolute Gasteiger partial charge is 0.416 e. The van der Waals surface area contributed by atoms with Crippen LogP contribution in [0.3, 0.4) is 0 Å². The number of hydrogen-bond donors (Lipinski definition) is 1. The highest BCUT2D eigenvalue weighted by Crippen LogP contribution is 2.30. The monoisotopic (exact) mass is 287 g/mol. The Morgan fingerprint density at radius 3 is 2.05 bits per heavy atom. The lowest BCUT2D eigenvalue weighted by molar-refractivity contribution is -0.137. The van der Waals surface area contributed by atoms with Crippen LogP contribution in [0, 0.1) is 5.92 Å². The smallest absolute Gasteiger partial charge is 0.308 e. The zero-order valence-electron chi connectivity index (χ0n) is 12.6. The van der Waals surface area contributed by atoms with E-state index < -0.39 is 11.7 Å². The fourth-order valence-corrected chi connectivity index (χ4v) is 2.32. The first-order valence-corrected chi connectivity index (χ1v) is 7.17. The van der Waals surface area contributed by atoms with Gasteiger partial charge in [-0.1, -0.05) is 32.4 Å². The first kappa shape index (κ1) is 17.0. The molecule has 0 saturated heterocycles. The van der Waals surface area contributed by atoms with Gasteiger partial charge in [0.1, 0.15) is 0 Å². The summed E-state index contributed by atoms with van der Waals surface area (Å²) in [5.41, 5.74) is 0.287. The van der Waals surface area contributed by atoms with Gasteiger partial charge >= 0.3 is 6.18 Å². The number of halogens is 3. The van der Waals surface area contributed by atoms with E-state index >= 15 is 0 Å². The van der Waals surface area contributed by atoms with E-state index in [1.807, 2.05) is 6.92 Å². The van der Waals surface area contributed by atoms with E-state index in [0.717, 1.165) is 30.5 Å². The van der Waals surface area contributed by atoms with E-state index in [1.54, 1.807) is 12.1 Å². The van der Waals surface area contributed by atoms with Gasteiger partial charge in [0.05, 0.1) is 5.56 Å². The quantitative estimate of drug-likeness (QED) is 0.760. The molecule has 1 nitrogen and oxygen atoms in total. The molecule has 114 valence electrons. The average molecular weight is 287 g/mol. The van der Waals surface area contributed by atoms with Crippen molar-refractivity contribution in [2.75, 3.05) is 0 Å². The highest BCUT2D eigenvalue weighted by molar-refractivity contribution is 5.26. The summed E-state index contributed by atoms with van der Waals surface area (Å²) in [6, 6.07) is 5.80. The molecule has 0 amide bonds. The Kier molecular flexibility index (Phi) is 6.06. The average Bonchev–Trinajstić information content (AvgIpc) is 2.37. The van der Waals surface area contributed by atoms with Crippen LogP contribution in [0.1, 0.15) is 57.7 Å². The number of rotatable bonds is 6. The molecule has 0 aliphatic carbocycles. The molecule has 1 aromatic carbocycles. The summed E-state index contributed by atoms with van der Waals surface area (Å²) in [5.74, 6) is 0.650. The SMILES string of the molecule is CCC(C)CC(C)NC(C)c1ccc(C(F)(F)F)cc1. The second-order valence-corrected chi connectivity index (χ2v) is 5.66. The van der Waals surface area contributed by atoms with Crippen LogP contribution in [0.4, 0.5) is 13.2 Å². The fourth-order valence-electron chi connectivity index (χ4n) is 2.32. The maximum atomic E-state index is 12.5. The van der Waals surface area contributed by atoms with Crippen molar-refractivity contribution in [1.82, 2.24) is 5.32 Å². The number of nitrogens with one attached hydrogen (secondary N) is 1. The van der Waals surface area contributed by atoms with Crippen LogP contribution in [0.2, 0.25) is 0 Å². The summed E-state index contributed by atoms with van der Waals surface area (Å²) >= 11 is 0. The molecule has 0 bridgehead atoms. The van der Waals surface area contributed by atoms with Crippen molar-refractivity contribution in [3.05, 3.63) is 35.4 Å². The number of benzene rings is 1. The molecule has 0 heterocycles. The summed E-state index contributed by atoms with van der Waals surface area (Å²) in [6.07, 6.45) is -2.05. The lowest BCUT2D eigenvalue weighted by Gasteiger charge is -2.23. The lowest BCUT2D eigenvalue weighted by atomic mass is 9.98. The minimum Gasteiger partial charge on any atom is -0.308 e. The number of hydrogen-bond acceptors (Lipinski definition) is 1. The van der Waals surface area contributed by atoms with Gasteiger partial charge < -0.3 is 5.32 Å². The van der Waals surface area contributed by atoms with E-state index in [1.165, 1.54) is 0 Å². The van der Waals surface area contributed by atoms with Gasteiger partial charge in [-0.3, -0.25) is 0 Å². The molecular weight excluding hydrogens is 263 g/mol. The van der Waals surface area contributed by atoms with Gasteiger partial charge in [-0.05, 0) is 43.9 Å². The molecule has 1 N–H and O–H groups in total. The van der Waals surface area contributed by atoms with Gasteiger partial charge in [-0.15, -0.1) is 0 Å². The van der Waals surface area contributed by atoms with Crippen LogP contribution in [-0.2, 0) is 6.18 Å². The van der Waals surface area contributed by atoms with Crippen molar-refractivity contribution in [3.63, 3.8) is 0 Å². The first-order chi connectivity index (χ1) is 9.24. The maximum Gasteiger partial charge on any atom is 0.416 e. The second kappa shape index (κ2) is 7.11. The molecule has 0 aromatic heterocycles. The molecule has 3 unspecified atom stereocenters. The zero-order valence-corrected chi connectivity index (χ0v) is 12.6. The summed E-state index contributed by atoms with van der Waals surface area (Å²) in [4.78, 5) is 0. The molecule has 0 aliphatic rings. The zero-order chi connectivity index (χ0) is 15.3. The van der Waals surface area contributed by atoms with E-state index in [0.29, 0.717) is 12.0 Å². The van der Waals surface area contributed by atoms with Crippen molar-refractivity contribution >= 4 is 0 Å². The van der Waals surface area contributed by atoms with Crippen molar-refractivity contribution in [1.29, 1.82) is 0 Å². The van der Waals surface area contributed by atoms with E-state index in [2.05, 4.69) is 26.1 Å². The van der Waals surface area contributed by atoms with Crippen LogP contribution in [0.25, 0.3) is 0 Å². The Labute approximate surface area is 119 Å². The first-order valence-electron chi connectivity index (χ1n) is 7.17. The van der Waals surface area contributed by atoms with Gasteiger partial charge in [0.15, 0.2) is 0 Å². The van der Waals surface area contributed by atoms with Gasteiger partial charge in [0.2, 0.25) is 0 Å². The summed E-state index contributed by atoms with van der Waals surface area (Å²) < 4.78 is 37.5. The minimum atomic E-state index is -4.26. The Hall–Kier alpha value is -1.03. The summed E-state index contributed by atoms with van der Waals surface area (Å²) in [5, 5.41) is 3.44. The molecule has 4 heteroatoms. The summed E-state index contributed by atoms with van der Waals surface area (Å²) in [6.45, 7) is 8.47. The lowest BCUT2D eigenvalue weighted by Crippen LogP contribution is -2.30. The predicted molar refractivity (Wildman–Crippen MR) is 76.5 cm³/mol. The molecule has 0 fully saturated rings. The number of alkyl halides is 3. The van der Waals surface area contributed by atoms with Crippen LogP contribution in [-0.4, -0.2) is 6.04 Å². The van der Waals surface area contributed by atoms with Crippen LogP contribution in [0.15, 0.2) is 24.3 Å². The highest BCUT2D eigenvalue weighted by atomic mass is 19.4. The standard InChI is InChI=1S/C16H24F3N/c1-5-11(2)10-12(3)20-13(4)14-6-8-15(9-7-14)16(17,18)19/h6-9,11-13,20H,5,10H2,1-4H3. The second-order valence-electron chi connectivity index (χ2n) is 5.66. The Balaban J connectivity index is 2.62. The van der Waals surface area contributed by atoms with Crippen LogP contribution >= 0.6 is 0 Å². The van der Waals surface area contributed by atoms with Crippen LogP contribution < -0.4 is 5.32 Å². The Morgan fingerprint density at radius 2 is 1.60 bits per heavy atom. The predicted octanol–water partition coefficient (Wildman–Crippen LogP) is 5.18. The molecule has 0 spiro atoms. The minimum absolute atomic E-state index is 0.0522. The van der Waals surface area contributed by atoms with Crippen molar-refractivity contribution in [2.24, 2.45) is 5.92 Å². The Morgan fingerprint density at radius 1 is 1.05 bits per heavy atom. The van der Waals surface area contributed by atoms with Crippen molar-refractivity contribution in [2.45, 2.75) is 58.8 Å². The van der Waals surface area contributed by atoms with E-state index in [4.69, 9.17) is 0 Å². The normalized spacial score (nSPS) is 16.8. The van der Waals surface area contributed by atoms with Crippen LogP contribution in [0.5, 0.6) is 0 Å². The summed E-state index contributed by atoms with van der Waals surface area (Å²) in [7, 11) is 0. The fraction of sp³-hybridized carbons (Fsp3) is 0.625. The molecule has 1 rings (SSSR count). The molecule has 1 aromatic rings. The molecule has 0 radical (unpaired) electrons. The maximum absolute atomic E-state index is 12.5. The van der Waals surface area contributed by atoms with E-state index in [9.17, 15) is 13.2 Å². The molecular formula is C16H24F3N. The highest BCUT2D eigenvalue weighted by Gasteiger charge is 2.30. The van der Waals surface area contributed by atoms with Gasteiger partial charge in [-0.2, -0.15) is 13.2 Å². The third-order valence-electron chi connectivity index (χ3n) is 3.73. The van der Waals surface area contributed by atoms with Gasteiger partial charge in [0, 0.05) is 12.1 Å². The molecule has 3 atom stereocenters. The molecule has 0 saturated carbocycles.